The fourth-order valence-electron chi connectivity index (χ4n) is 3.66. The van der Waals surface area contributed by atoms with Gasteiger partial charge in [-0.2, -0.15) is 0 Å². The SMILES string of the molecule is CC(C)(C)c1ccc(C(C)(C)CCC(C)(C)c2ccc3nc(C(C)(C)C)sc3c2)s1. The number of thiophene rings is 1. The Kier molecular flexibility index (Phi) is 6.06. The third kappa shape index (κ3) is 4.99. The van der Waals surface area contributed by atoms with Crippen molar-refractivity contribution in [1.29, 1.82) is 0 Å². The standard InChI is InChI=1S/C27H39NS2/c1-24(2,3)21-13-14-22(30-21)27(9,10)16-15-26(7,8)18-11-12-19-20(17-18)29-23(28-19)25(4,5)6/h11-14,17H,15-16H2,1-10H3. The van der Waals surface area contributed by atoms with E-state index in [-0.39, 0.29) is 21.7 Å². The molecule has 0 fully saturated rings. The van der Waals surface area contributed by atoms with E-state index >= 15 is 0 Å². The molecule has 164 valence electrons. The zero-order valence-corrected chi connectivity index (χ0v) is 22.2. The number of aromatic nitrogens is 1. The summed E-state index contributed by atoms with van der Waals surface area (Å²) in [6.07, 6.45) is 2.34. The Hall–Kier alpha value is -1.19. The monoisotopic (exact) mass is 441 g/mol. The van der Waals surface area contributed by atoms with E-state index < -0.39 is 0 Å². The smallest absolute Gasteiger partial charge is 0.0992 e. The van der Waals surface area contributed by atoms with Crippen molar-refractivity contribution in [3.05, 3.63) is 50.7 Å². The van der Waals surface area contributed by atoms with Gasteiger partial charge in [0.25, 0.3) is 0 Å². The van der Waals surface area contributed by atoms with Crippen molar-refractivity contribution in [2.75, 3.05) is 0 Å². The summed E-state index contributed by atoms with van der Waals surface area (Å²) < 4.78 is 1.32. The second-order valence-electron chi connectivity index (χ2n) is 12.1. The number of nitrogens with zero attached hydrogens (tertiary/aromatic N) is 1. The Morgan fingerprint density at radius 3 is 1.83 bits per heavy atom. The van der Waals surface area contributed by atoms with Crippen molar-refractivity contribution in [1.82, 2.24) is 4.98 Å². The first-order valence-electron chi connectivity index (χ1n) is 11.1. The van der Waals surface area contributed by atoms with Gasteiger partial charge < -0.3 is 0 Å². The van der Waals surface area contributed by atoms with Crippen LogP contribution >= 0.6 is 22.7 Å². The van der Waals surface area contributed by atoms with E-state index in [0.29, 0.717) is 0 Å². The number of hydrogen-bond acceptors (Lipinski definition) is 3. The third-order valence-corrected chi connectivity index (χ3v) is 9.52. The van der Waals surface area contributed by atoms with Gasteiger partial charge in [-0.3, -0.25) is 0 Å². The van der Waals surface area contributed by atoms with Crippen LogP contribution in [0, 0.1) is 0 Å². The molecule has 0 aliphatic carbocycles. The largest absolute Gasteiger partial charge is 0.241 e. The molecule has 0 unspecified atom stereocenters. The Morgan fingerprint density at radius 2 is 1.27 bits per heavy atom. The van der Waals surface area contributed by atoms with Crippen LogP contribution in [0.4, 0.5) is 0 Å². The molecule has 0 atom stereocenters. The first-order valence-corrected chi connectivity index (χ1v) is 12.8. The van der Waals surface area contributed by atoms with Gasteiger partial charge in [-0.05, 0) is 58.9 Å². The van der Waals surface area contributed by atoms with E-state index in [1.807, 2.05) is 22.7 Å². The summed E-state index contributed by atoms with van der Waals surface area (Å²) in [7, 11) is 0. The summed E-state index contributed by atoms with van der Waals surface area (Å²) in [5, 5.41) is 1.22. The third-order valence-electron chi connectivity index (χ3n) is 6.20. The summed E-state index contributed by atoms with van der Waals surface area (Å²) >= 11 is 3.84. The van der Waals surface area contributed by atoms with E-state index in [0.717, 1.165) is 5.52 Å². The van der Waals surface area contributed by atoms with Crippen LogP contribution in [0.1, 0.15) is 102 Å². The second kappa shape index (κ2) is 7.74. The minimum absolute atomic E-state index is 0.107. The molecule has 3 aromatic rings. The Labute approximate surface area is 192 Å². The molecule has 0 radical (unpaired) electrons. The minimum Gasteiger partial charge on any atom is -0.241 e. The fraction of sp³-hybridized carbons (Fsp3) is 0.593. The van der Waals surface area contributed by atoms with Gasteiger partial charge in [-0.15, -0.1) is 22.7 Å². The maximum atomic E-state index is 4.87. The van der Waals surface area contributed by atoms with Crippen LogP contribution < -0.4 is 0 Å². The molecule has 0 aliphatic rings. The highest BCUT2D eigenvalue weighted by atomic mass is 32.1. The van der Waals surface area contributed by atoms with E-state index in [9.17, 15) is 0 Å². The molecule has 3 heteroatoms. The quantitative estimate of drug-likeness (QED) is 0.385. The molecular weight excluding hydrogens is 402 g/mol. The van der Waals surface area contributed by atoms with Crippen molar-refractivity contribution in [2.24, 2.45) is 0 Å². The minimum atomic E-state index is 0.107. The average Bonchev–Trinajstić information content (AvgIpc) is 3.26. The lowest BCUT2D eigenvalue weighted by Crippen LogP contribution is -2.23. The van der Waals surface area contributed by atoms with Crippen molar-refractivity contribution in [3.63, 3.8) is 0 Å². The van der Waals surface area contributed by atoms with Crippen LogP contribution in [0.2, 0.25) is 0 Å². The van der Waals surface area contributed by atoms with Crippen LogP contribution in [-0.4, -0.2) is 4.98 Å². The van der Waals surface area contributed by atoms with Crippen LogP contribution in [-0.2, 0) is 21.7 Å². The van der Waals surface area contributed by atoms with Crippen LogP contribution in [0.5, 0.6) is 0 Å². The molecule has 1 aromatic carbocycles. The van der Waals surface area contributed by atoms with Gasteiger partial charge in [0.1, 0.15) is 0 Å². The highest BCUT2D eigenvalue weighted by Gasteiger charge is 2.30. The van der Waals surface area contributed by atoms with E-state index in [2.05, 4.69) is 99.6 Å². The zero-order chi connectivity index (χ0) is 22.5. The van der Waals surface area contributed by atoms with Gasteiger partial charge in [-0.1, -0.05) is 75.3 Å². The molecule has 1 nitrogen and oxygen atoms in total. The Balaban J connectivity index is 1.79. The lowest BCUT2D eigenvalue weighted by molar-refractivity contribution is 0.379. The molecule has 0 amide bonds. The molecule has 0 spiro atoms. The lowest BCUT2D eigenvalue weighted by atomic mass is 9.75. The maximum absolute atomic E-state index is 4.87. The van der Waals surface area contributed by atoms with Gasteiger partial charge in [0.05, 0.1) is 15.2 Å². The average molecular weight is 442 g/mol. The van der Waals surface area contributed by atoms with Gasteiger partial charge in [0, 0.05) is 15.2 Å². The molecular formula is C27H39NS2. The topological polar surface area (TPSA) is 12.9 Å². The number of rotatable bonds is 5. The molecule has 0 saturated heterocycles. The first kappa shape index (κ1) is 23.5. The normalized spacial score (nSPS) is 13.9. The van der Waals surface area contributed by atoms with Gasteiger partial charge >= 0.3 is 0 Å². The summed E-state index contributed by atoms with van der Waals surface area (Å²) in [6.45, 7) is 23.2. The van der Waals surface area contributed by atoms with Crippen LogP contribution in [0.25, 0.3) is 10.2 Å². The van der Waals surface area contributed by atoms with Crippen LogP contribution in [0.15, 0.2) is 30.3 Å². The molecule has 0 aliphatic heterocycles. The number of thiazole rings is 1. The number of fused-ring (bicyclic) bond motifs is 1. The van der Waals surface area contributed by atoms with E-state index in [1.165, 1.54) is 37.9 Å². The Bertz CT molecular complexity index is 1020. The number of benzene rings is 1. The zero-order valence-electron chi connectivity index (χ0n) is 20.6. The van der Waals surface area contributed by atoms with Gasteiger partial charge in [-0.25, -0.2) is 4.98 Å². The van der Waals surface area contributed by atoms with Gasteiger partial charge in [0.2, 0.25) is 0 Å². The molecule has 2 aromatic heterocycles. The fourth-order valence-corrected chi connectivity index (χ4v) is 5.92. The van der Waals surface area contributed by atoms with Gasteiger partial charge in [0.15, 0.2) is 0 Å². The molecule has 2 heterocycles. The van der Waals surface area contributed by atoms with Crippen molar-refractivity contribution in [2.45, 2.75) is 104 Å². The van der Waals surface area contributed by atoms with Crippen LogP contribution in [0.3, 0.4) is 0 Å². The predicted molar refractivity (Wildman–Crippen MR) is 137 cm³/mol. The Morgan fingerprint density at radius 1 is 0.667 bits per heavy atom. The van der Waals surface area contributed by atoms with Crippen molar-refractivity contribution >= 4 is 32.9 Å². The van der Waals surface area contributed by atoms with E-state index in [4.69, 9.17) is 4.98 Å². The molecule has 30 heavy (non-hydrogen) atoms. The summed E-state index contributed by atoms with van der Waals surface area (Å²) in [5.41, 5.74) is 3.24. The predicted octanol–water partition coefficient (Wildman–Crippen LogP) is 8.99. The molecule has 0 bridgehead atoms. The molecule has 0 saturated carbocycles. The van der Waals surface area contributed by atoms with Crippen molar-refractivity contribution < 1.29 is 0 Å². The summed E-state index contributed by atoms with van der Waals surface area (Å²) in [6, 6.07) is 11.6. The highest BCUT2D eigenvalue weighted by molar-refractivity contribution is 7.18. The maximum Gasteiger partial charge on any atom is 0.0992 e. The molecule has 3 rings (SSSR count). The first-order chi connectivity index (χ1) is 13.6. The summed E-state index contributed by atoms with van der Waals surface area (Å²) in [5.74, 6) is 0. The number of hydrogen-bond donors (Lipinski definition) is 0. The van der Waals surface area contributed by atoms with Crippen molar-refractivity contribution in [3.8, 4) is 0 Å². The molecule has 0 N–H and O–H groups in total. The highest BCUT2D eigenvalue weighted by Crippen LogP contribution is 2.41. The van der Waals surface area contributed by atoms with E-state index in [1.54, 1.807) is 0 Å². The lowest BCUT2D eigenvalue weighted by Gasteiger charge is -2.31. The summed E-state index contributed by atoms with van der Waals surface area (Å²) in [4.78, 5) is 7.87. The second-order valence-corrected chi connectivity index (χ2v) is 14.2.